The highest BCUT2D eigenvalue weighted by Crippen LogP contribution is 2.43. The van der Waals surface area contributed by atoms with Crippen molar-refractivity contribution in [2.75, 3.05) is 32.8 Å². The van der Waals surface area contributed by atoms with E-state index < -0.39 is 17.8 Å². The van der Waals surface area contributed by atoms with Crippen molar-refractivity contribution in [3.63, 3.8) is 0 Å². The van der Waals surface area contributed by atoms with E-state index >= 15 is 0 Å². The Morgan fingerprint density at radius 2 is 2.00 bits per heavy atom. The Balaban J connectivity index is 1.26. The van der Waals surface area contributed by atoms with Crippen molar-refractivity contribution in [3.8, 4) is 11.5 Å². The molecule has 1 unspecified atom stereocenters. The second kappa shape index (κ2) is 9.36. The van der Waals surface area contributed by atoms with Crippen molar-refractivity contribution < 1.29 is 27.4 Å². The van der Waals surface area contributed by atoms with Gasteiger partial charge >= 0.3 is 6.18 Å². The number of nitrogens with zero attached hydrogens (tertiary/aromatic N) is 2. The van der Waals surface area contributed by atoms with Gasteiger partial charge in [0.05, 0.1) is 5.56 Å². The third kappa shape index (κ3) is 5.15. The molecule has 3 heterocycles. The van der Waals surface area contributed by atoms with Crippen molar-refractivity contribution >= 4 is 5.91 Å². The molecule has 0 radical (unpaired) electrons. The molecule has 0 saturated carbocycles. The summed E-state index contributed by atoms with van der Waals surface area (Å²) in [6, 6.07) is 7.33. The lowest BCUT2D eigenvalue weighted by molar-refractivity contribution is -0.140. The van der Waals surface area contributed by atoms with E-state index in [0.717, 1.165) is 32.0 Å². The molecular formula is C23H26F3N3O3. The summed E-state index contributed by atoms with van der Waals surface area (Å²) >= 11 is 0. The number of likely N-dealkylation sites (tertiary alicyclic amines) is 1. The summed E-state index contributed by atoms with van der Waals surface area (Å²) in [6.07, 6.45) is -1.51. The second-order valence-corrected chi connectivity index (χ2v) is 8.27. The van der Waals surface area contributed by atoms with Gasteiger partial charge in [0, 0.05) is 25.0 Å². The van der Waals surface area contributed by atoms with E-state index in [-0.39, 0.29) is 24.0 Å². The third-order valence-electron chi connectivity index (χ3n) is 5.97. The van der Waals surface area contributed by atoms with E-state index in [2.05, 4.69) is 15.2 Å². The van der Waals surface area contributed by atoms with Gasteiger partial charge in [0.1, 0.15) is 18.3 Å². The molecule has 1 saturated heterocycles. The normalized spacial score (nSPS) is 19.6. The summed E-state index contributed by atoms with van der Waals surface area (Å²) in [5.74, 6) is 0.145. The van der Waals surface area contributed by atoms with Gasteiger partial charge in [-0.3, -0.25) is 14.7 Å². The van der Waals surface area contributed by atoms with Gasteiger partial charge in [0.2, 0.25) is 0 Å². The first kappa shape index (κ1) is 22.4. The van der Waals surface area contributed by atoms with Crippen LogP contribution in [0.15, 0.2) is 36.5 Å². The number of piperidine rings is 1. The number of rotatable bonds is 5. The van der Waals surface area contributed by atoms with E-state index in [1.807, 2.05) is 0 Å². The number of hydrogen-bond acceptors (Lipinski definition) is 5. The van der Waals surface area contributed by atoms with E-state index in [0.29, 0.717) is 30.3 Å². The zero-order valence-corrected chi connectivity index (χ0v) is 17.8. The second-order valence-electron chi connectivity index (χ2n) is 8.27. The van der Waals surface area contributed by atoms with E-state index in [9.17, 15) is 18.0 Å². The molecule has 1 aromatic carbocycles. The molecule has 2 aromatic rings. The zero-order valence-electron chi connectivity index (χ0n) is 17.8. The van der Waals surface area contributed by atoms with Crippen molar-refractivity contribution in [1.29, 1.82) is 0 Å². The number of ether oxygens (including phenoxy) is 2. The summed E-state index contributed by atoms with van der Waals surface area (Å²) in [4.78, 5) is 18.7. The number of nitrogens with one attached hydrogen (secondary N) is 1. The SMILES string of the molecule is Cc1ncccc1C(=O)NCC1CCN(CC2COc3cccc(C(F)(F)F)c3O2)CC1. The van der Waals surface area contributed by atoms with Crippen LogP contribution in [0.5, 0.6) is 11.5 Å². The molecule has 2 aliphatic rings. The summed E-state index contributed by atoms with van der Waals surface area (Å²) in [5.41, 5.74) is 0.473. The summed E-state index contributed by atoms with van der Waals surface area (Å²) in [6.45, 7) is 4.70. The summed E-state index contributed by atoms with van der Waals surface area (Å²) < 4.78 is 51.1. The van der Waals surface area contributed by atoms with Crippen LogP contribution in [0.25, 0.3) is 0 Å². The number of benzene rings is 1. The molecule has 32 heavy (non-hydrogen) atoms. The zero-order chi connectivity index (χ0) is 22.7. The molecule has 1 N–H and O–H groups in total. The van der Waals surface area contributed by atoms with Gasteiger partial charge in [-0.2, -0.15) is 13.2 Å². The number of halogens is 3. The van der Waals surface area contributed by atoms with Crippen molar-refractivity contribution in [1.82, 2.24) is 15.2 Å². The van der Waals surface area contributed by atoms with Crippen LogP contribution < -0.4 is 14.8 Å². The van der Waals surface area contributed by atoms with Gasteiger partial charge in [-0.1, -0.05) is 6.07 Å². The largest absolute Gasteiger partial charge is 0.486 e. The van der Waals surface area contributed by atoms with Gasteiger partial charge in [-0.25, -0.2) is 0 Å². The number of alkyl halides is 3. The van der Waals surface area contributed by atoms with Crippen LogP contribution in [0, 0.1) is 12.8 Å². The van der Waals surface area contributed by atoms with E-state index in [1.165, 1.54) is 12.1 Å². The number of fused-ring (bicyclic) bond motifs is 1. The minimum atomic E-state index is -4.49. The molecule has 1 fully saturated rings. The standard InChI is InChI=1S/C23H26F3N3O3/c1-15-18(4-3-9-27-15)22(30)28-12-16-7-10-29(11-8-16)13-17-14-31-20-6-2-5-19(21(20)32-17)23(24,25)26/h2-6,9,16-17H,7-8,10-14H2,1H3,(H,28,30). The fourth-order valence-electron chi connectivity index (χ4n) is 4.17. The monoisotopic (exact) mass is 449 g/mol. The summed E-state index contributed by atoms with van der Waals surface area (Å²) in [7, 11) is 0. The Morgan fingerprint density at radius 1 is 1.22 bits per heavy atom. The molecule has 9 heteroatoms. The molecule has 0 spiro atoms. The van der Waals surface area contributed by atoms with Crippen molar-refractivity contribution in [2.24, 2.45) is 5.92 Å². The van der Waals surface area contributed by atoms with Crippen molar-refractivity contribution in [3.05, 3.63) is 53.3 Å². The predicted octanol–water partition coefficient (Wildman–Crippen LogP) is 3.69. The summed E-state index contributed by atoms with van der Waals surface area (Å²) in [5, 5.41) is 2.99. The average molecular weight is 449 g/mol. The minimum Gasteiger partial charge on any atom is -0.486 e. The molecule has 4 rings (SSSR count). The number of carbonyl (C=O) groups is 1. The number of para-hydroxylation sites is 1. The molecular weight excluding hydrogens is 423 g/mol. The number of carbonyl (C=O) groups excluding carboxylic acids is 1. The van der Waals surface area contributed by atoms with Crippen LogP contribution in [0.2, 0.25) is 0 Å². The highest BCUT2D eigenvalue weighted by molar-refractivity contribution is 5.95. The first-order valence-corrected chi connectivity index (χ1v) is 10.7. The van der Waals surface area contributed by atoms with Crippen LogP contribution in [0.3, 0.4) is 0 Å². The molecule has 6 nitrogen and oxygen atoms in total. The van der Waals surface area contributed by atoms with Crippen LogP contribution >= 0.6 is 0 Å². The Labute approximate surface area is 184 Å². The lowest BCUT2D eigenvalue weighted by Crippen LogP contribution is -2.45. The number of pyridine rings is 1. The Kier molecular flexibility index (Phi) is 6.55. The van der Waals surface area contributed by atoms with Crippen LogP contribution in [0.1, 0.15) is 34.5 Å². The number of aryl methyl sites for hydroxylation is 1. The van der Waals surface area contributed by atoms with Crippen LogP contribution in [-0.4, -0.2) is 54.7 Å². The maximum atomic E-state index is 13.3. The van der Waals surface area contributed by atoms with Crippen LogP contribution in [-0.2, 0) is 6.18 Å². The van der Waals surface area contributed by atoms with E-state index in [4.69, 9.17) is 9.47 Å². The predicted molar refractivity (Wildman–Crippen MR) is 112 cm³/mol. The topological polar surface area (TPSA) is 63.7 Å². The fraction of sp³-hybridized carbons (Fsp3) is 0.478. The van der Waals surface area contributed by atoms with Gasteiger partial charge < -0.3 is 14.8 Å². The maximum Gasteiger partial charge on any atom is 0.420 e. The number of aromatic nitrogens is 1. The fourth-order valence-corrected chi connectivity index (χ4v) is 4.17. The van der Waals surface area contributed by atoms with Gasteiger partial charge in [-0.15, -0.1) is 0 Å². The first-order valence-electron chi connectivity index (χ1n) is 10.7. The smallest absolute Gasteiger partial charge is 0.420 e. The molecule has 1 amide bonds. The molecule has 172 valence electrons. The van der Waals surface area contributed by atoms with Gasteiger partial charge in [0.25, 0.3) is 5.91 Å². The Hall–Kier alpha value is -2.81. The Morgan fingerprint density at radius 3 is 2.72 bits per heavy atom. The molecule has 0 aliphatic carbocycles. The lowest BCUT2D eigenvalue weighted by atomic mass is 9.96. The quantitative estimate of drug-likeness (QED) is 0.755. The molecule has 0 bridgehead atoms. The van der Waals surface area contributed by atoms with E-state index in [1.54, 1.807) is 25.3 Å². The average Bonchev–Trinajstić information content (AvgIpc) is 2.77. The Bertz CT molecular complexity index is 959. The van der Waals surface area contributed by atoms with Gasteiger partial charge in [0.15, 0.2) is 11.5 Å². The maximum absolute atomic E-state index is 13.3. The van der Waals surface area contributed by atoms with Crippen molar-refractivity contribution in [2.45, 2.75) is 32.0 Å². The minimum absolute atomic E-state index is 0.120. The third-order valence-corrected chi connectivity index (χ3v) is 5.97. The first-order chi connectivity index (χ1) is 15.3. The van der Waals surface area contributed by atoms with Gasteiger partial charge in [-0.05, 0) is 63.0 Å². The molecule has 1 aromatic heterocycles. The highest BCUT2D eigenvalue weighted by atomic mass is 19.4. The lowest BCUT2D eigenvalue weighted by Gasteiger charge is -2.36. The van der Waals surface area contributed by atoms with Crippen LogP contribution in [0.4, 0.5) is 13.2 Å². The highest BCUT2D eigenvalue weighted by Gasteiger charge is 2.38. The molecule has 2 aliphatic heterocycles. The number of amides is 1. The number of hydrogen-bond donors (Lipinski definition) is 1. The molecule has 1 atom stereocenters.